The zero-order valence-corrected chi connectivity index (χ0v) is 20.9. The molecule has 0 fully saturated rings. The average Bonchev–Trinajstić information content (AvgIpc) is 3.13. The van der Waals surface area contributed by atoms with Crippen LogP contribution >= 0.6 is 15.9 Å². The van der Waals surface area contributed by atoms with Crippen molar-refractivity contribution in [2.75, 3.05) is 20.2 Å². The van der Waals surface area contributed by atoms with Crippen molar-refractivity contribution in [1.29, 1.82) is 0 Å². The molecule has 8 nitrogen and oxygen atoms in total. The van der Waals surface area contributed by atoms with Crippen LogP contribution in [0.3, 0.4) is 0 Å². The molecule has 182 valence electrons. The van der Waals surface area contributed by atoms with Crippen LogP contribution in [0.1, 0.15) is 25.7 Å². The largest absolute Gasteiger partial charge is 0.494 e. The number of rotatable bonds is 11. The van der Waals surface area contributed by atoms with Gasteiger partial charge >= 0.3 is 11.9 Å². The molecular formula is C25H30BrN3O5. The third kappa shape index (κ3) is 8.99. The van der Waals surface area contributed by atoms with Gasteiger partial charge in [0.1, 0.15) is 11.4 Å². The van der Waals surface area contributed by atoms with Gasteiger partial charge in [0.25, 0.3) is 0 Å². The standard InChI is InChI=1S/C21H26BrN3O.C4H4O4/c1-23-13-5-3-4-6-14-26-18-10-7-16(8-11-18)21-19-12-9-17(22)15-20(19)25(2)24-21;5-3(6)1-2-4(7)8/h7-12,15,23H,3-6,13-14H2,1-2H3;1-2H,(H,5,6)(H,7,8)/b;2-1+. The molecule has 0 bridgehead atoms. The first kappa shape index (κ1) is 27.1. The van der Waals surface area contributed by atoms with Crippen molar-refractivity contribution in [1.82, 2.24) is 15.1 Å². The molecule has 9 heteroatoms. The molecule has 3 N–H and O–H groups in total. The number of halogens is 1. The summed E-state index contributed by atoms with van der Waals surface area (Å²) >= 11 is 3.53. The summed E-state index contributed by atoms with van der Waals surface area (Å²) < 4.78 is 8.85. The Labute approximate surface area is 207 Å². The zero-order valence-electron chi connectivity index (χ0n) is 19.3. The predicted molar refractivity (Wildman–Crippen MR) is 136 cm³/mol. The van der Waals surface area contributed by atoms with Crippen LogP contribution in [0.15, 0.2) is 59.1 Å². The fourth-order valence-electron chi connectivity index (χ4n) is 3.24. The Balaban J connectivity index is 0.000000440. The molecule has 2 aromatic carbocycles. The average molecular weight is 532 g/mol. The first-order valence-corrected chi connectivity index (χ1v) is 11.7. The molecule has 1 aromatic heterocycles. The molecule has 0 spiro atoms. The Kier molecular flexibility index (Phi) is 11.3. The molecule has 0 atom stereocenters. The molecule has 3 aromatic rings. The summed E-state index contributed by atoms with van der Waals surface area (Å²) in [6.07, 6.45) is 5.93. The van der Waals surface area contributed by atoms with E-state index >= 15 is 0 Å². The molecule has 0 aliphatic heterocycles. The highest BCUT2D eigenvalue weighted by Crippen LogP contribution is 2.30. The highest BCUT2D eigenvalue weighted by Gasteiger charge is 2.11. The molecule has 0 saturated carbocycles. The number of carbonyl (C=O) groups is 2. The van der Waals surface area contributed by atoms with Gasteiger partial charge in [-0.2, -0.15) is 5.10 Å². The maximum absolute atomic E-state index is 9.55. The minimum Gasteiger partial charge on any atom is -0.494 e. The van der Waals surface area contributed by atoms with Crippen molar-refractivity contribution >= 4 is 38.8 Å². The summed E-state index contributed by atoms with van der Waals surface area (Å²) in [7, 11) is 3.98. The maximum atomic E-state index is 9.55. The van der Waals surface area contributed by atoms with Gasteiger partial charge in [-0.3, -0.25) is 4.68 Å². The second kappa shape index (κ2) is 14.2. The molecule has 0 amide bonds. The Hall–Kier alpha value is -3.17. The molecule has 3 rings (SSSR count). The first-order valence-electron chi connectivity index (χ1n) is 11.0. The maximum Gasteiger partial charge on any atom is 0.328 e. The number of carboxylic acid groups (broad SMARTS) is 2. The summed E-state index contributed by atoms with van der Waals surface area (Å²) in [6.45, 7) is 1.88. The number of aryl methyl sites for hydroxylation is 1. The van der Waals surface area contributed by atoms with Gasteiger partial charge in [0.2, 0.25) is 0 Å². The van der Waals surface area contributed by atoms with Crippen molar-refractivity contribution in [2.24, 2.45) is 7.05 Å². The highest BCUT2D eigenvalue weighted by atomic mass is 79.9. The van der Waals surface area contributed by atoms with Gasteiger partial charge in [0.15, 0.2) is 0 Å². The minimum absolute atomic E-state index is 0.558. The molecule has 0 radical (unpaired) electrons. The fourth-order valence-corrected chi connectivity index (χ4v) is 3.59. The molecule has 0 aliphatic rings. The summed E-state index contributed by atoms with van der Waals surface area (Å²) in [5.74, 6) is -1.59. The van der Waals surface area contributed by atoms with Crippen LogP contribution in [-0.2, 0) is 16.6 Å². The molecule has 0 saturated heterocycles. The number of hydrogen-bond donors (Lipinski definition) is 3. The molecule has 34 heavy (non-hydrogen) atoms. The van der Waals surface area contributed by atoms with E-state index in [1.165, 1.54) is 19.3 Å². The fraction of sp³-hybridized carbons (Fsp3) is 0.320. The number of fused-ring (bicyclic) bond motifs is 1. The monoisotopic (exact) mass is 531 g/mol. The smallest absolute Gasteiger partial charge is 0.328 e. The number of unbranched alkanes of at least 4 members (excludes halogenated alkanes) is 3. The van der Waals surface area contributed by atoms with Gasteiger partial charge in [-0.15, -0.1) is 0 Å². The van der Waals surface area contributed by atoms with E-state index in [1.54, 1.807) is 0 Å². The molecule has 1 heterocycles. The zero-order chi connectivity index (χ0) is 24.9. The first-order chi connectivity index (χ1) is 16.3. The van der Waals surface area contributed by atoms with Crippen LogP contribution in [0.25, 0.3) is 22.2 Å². The van der Waals surface area contributed by atoms with E-state index in [1.807, 2.05) is 30.9 Å². The summed E-state index contributed by atoms with van der Waals surface area (Å²) in [4.78, 5) is 19.1. The summed E-state index contributed by atoms with van der Waals surface area (Å²) in [5, 5.41) is 24.7. The Morgan fingerprint density at radius 1 is 1.03 bits per heavy atom. The van der Waals surface area contributed by atoms with Gasteiger partial charge < -0.3 is 20.3 Å². The normalized spacial score (nSPS) is 10.8. The second-order valence-electron chi connectivity index (χ2n) is 7.53. The lowest BCUT2D eigenvalue weighted by molar-refractivity contribution is -0.134. The van der Waals surface area contributed by atoms with Crippen molar-refractivity contribution in [3.8, 4) is 17.0 Å². The van der Waals surface area contributed by atoms with E-state index < -0.39 is 11.9 Å². The number of carboxylic acids is 2. The molecule has 0 unspecified atom stereocenters. The van der Waals surface area contributed by atoms with Crippen molar-refractivity contribution < 1.29 is 24.5 Å². The Morgan fingerprint density at radius 2 is 1.68 bits per heavy atom. The van der Waals surface area contributed by atoms with Gasteiger partial charge in [-0.05, 0) is 68.9 Å². The van der Waals surface area contributed by atoms with Crippen molar-refractivity contribution in [3.63, 3.8) is 0 Å². The lowest BCUT2D eigenvalue weighted by Gasteiger charge is -2.07. The van der Waals surface area contributed by atoms with E-state index in [0.29, 0.717) is 12.2 Å². The topological polar surface area (TPSA) is 114 Å². The van der Waals surface area contributed by atoms with Crippen LogP contribution in [-0.4, -0.2) is 52.1 Å². The van der Waals surface area contributed by atoms with Gasteiger partial charge in [0.05, 0.1) is 12.1 Å². The number of nitrogens with one attached hydrogen (secondary N) is 1. The van der Waals surface area contributed by atoms with Gasteiger partial charge in [-0.25, -0.2) is 9.59 Å². The number of hydrogen-bond acceptors (Lipinski definition) is 5. The van der Waals surface area contributed by atoms with Crippen molar-refractivity contribution in [2.45, 2.75) is 25.7 Å². The third-order valence-corrected chi connectivity index (χ3v) is 5.39. The van der Waals surface area contributed by atoms with E-state index in [4.69, 9.17) is 20.0 Å². The van der Waals surface area contributed by atoms with Gasteiger partial charge in [0, 0.05) is 34.6 Å². The SMILES string of the molecule is CNCCCCCCOc1ccc(-c2nn(C)c3cc(Br)ccc23)cc1.O=C(O)/C=C/C(=O)O. The molecule has 0 aliphatic carbocycles. The van der Waals surface area contributed by atoms with Crippen LogP contribution in [0.5, 0.6) is 5.75 Å². The summed E-state index contributed by atoms with van der Waals surface area (Å²) in [5.41, 5.74) is 3.23. The summed E-state index contributed by atoms with van der Waals surface area (Å²) in [6, 6.07) is 14.5. The quantitative estimate of drug-likeness (QED) is 0.239. The Morgan fingerprint density at radius 3 is 2.29 bits per heavy atom. The molecular weight excluding hydrogens is 502 g/mol. The number of aromatic nitrogens is 2. The van der Waals surface area contributed by atoms with Crippen LogP contribution < -0.4 is 10.1 Å². The number of ether oxygens (including phenoxy) is 1. The van der Waals surface area contributed by atoms with Gasteiger partial charge in [-0.1, -0.05) is 28.8 Å². The van der Waals surface area contributed by atoms with Crippen molar-refractivity contribution in [3.05, 3.63) is 59.1 Å². The van der Waals surface area contributed by atoms with E-state index in [9.17, 15) is 9.59 Å². The number of benzene rings is 2. The third-order valence-electron chi connectivity index (χ3n) is 4.90. The minimum atomic E-state index is -1.26. The number of nitrogens with zero attached hydrogens (tertiary/aromatic N) is 2. The van der Waals surface area contributed by atoms with Crippen LogP contribution in [0.4, 0.5) is 0 Å². The number of aliphatic carboxylic acids is 2. The van der Waals surface area contributed by atoms with E-state index in [0.717, 1.165) is 52.0 Å². The highest BCUT2D eigenvalue weighted by molar-refractivity contribution is 9.10. The predicted octanol–water partition coefficient (Wildman–Crippen LogP) is 4.87. The Bertz CT molecular complexity index is 1090. The lowest BCUT2D eigenvalue weighted by Crippen LogP contribution is -2.07. The lowest BCUT2D eigenvalue weighted by atomic mass is 10.1. The second-order valence-corrected chi connectivity index (χ2v) is 8.45. The van der Waals surface area contributed by atoms with Crippen LogP contribution in [0, 0.1) is 0 Å². The van der Waals surface area contributed by atoms with E-state index in [2.05, 4.69) is 51.6 Å². The van der Waals surface area contributed by atoms with E-state index in [-0.39, 0.29) is 0 Å². The van der Waals surface area contributed by atoms with Crippen LogP contribution in [0.2, 0.25) is 0 Å².